The van der Waals surface area contributed by atoms with Crippen molar-refractivity contribution in [2.75, 3.05) is 11.8 Å². The van der Waals surface area contributed by atoms with Crippen LogP contribution in [0.1, 0.15) is 0 Å². The summed E-state index contributed by atoms with van der Waals surface area (Å²) in [6.45, 7) is 0. The van der Waals surface area contributed by atoms with E-state index >= 15 is 0 Å². The van der Waals surface area contributed by atoms with Crippen LogP contribution in [0.5, 0.6) is 0 Å². The van der Waals surface area contributed by atoms with Gasteiger partial charge in [-0.05, 0) is 0 Å². The van der Waals surface area contributed by atoms with Crippen molar-refractivity contribution in [2.45, 2.75) is 0 Å². The summed E-state index contributed by atoms with van der Waals surface area (Å²) in [7, 11) is 0. The summed E-state index contributed by atoms with van der Waals surface area (Å²) in [4.78, 5) is 0. The summed E-state index contributed by atoms with van der Waals surface area (Å²) in [6.07, 6.45) is 0. The van der Waals surface area contributed by atoms with Gasteiger partial charge in [-0.25, -0.2) is 0 Å². The molecule has 0 unspecified atom stereocenters. The van der Waals surface area contributed by atoms with Gasteiger partial charge in [0, 0.05) is 11.8 Å². The van der Waals surface area contributed by atoms with Gasteiger partial charge in [0.25, 0.3) is 0 Å². The summed E-state index contributed by atoms with van der Waals surface area (Å²) in [5.74, 6) is 1.11. The van der Waals surface area contributed by atoms with Crippen LogP contribution in [0.25, 0.3) is 0 Å². The molecule has 0 spiro atoms. The molecule has 0 nitrogen and oxygen atoms in total. The van der Waals surface area contributed by atoms with E-state index in [1.165, 1.54) is 0 Å². The fraction of sp³-hybridized carbons (Fsp3) is 1.00. The van der Waals surface area contributed by atoms with Gasteiger partial charge in [0.15, 0.2) is 0 Å². The average Bonchev–Trinajstić information content (AvgIpc) is 1.37. The van der Waals surface area contributed by atoms with Gasteiger partial charge in [0.1, 0.15) is 0 Å². The second-order valence-electron chi connectivity index (χ2n) is 0.378. The van der Waals surface area contributed by atoms with Gasteiger partial charge in [-0.15, -0.1) is 23.2 Å². The topological polar surface area (TPSA) is 0 Å². The van der Waals surface area contributed by atoms with Crippen LogP contribution >= 0.6 is 23.2 Å². The first-order valence-corrected chi connectivity index (χ1v) is 2.10. The molecule has 0 aliphatic heterocycles. The van der Waals surface area contributed by atoms with Gasteiger partial charge in [-0.3, -0.25) is 0 Å². The summed E-state index contributed by atoms with van der Waals surface area (Å²) >= 11 is 10.1. The Hall–Kier alpha value is 1.84. The molecule has 0 heterocycles. The number of halogens is 2. The molecular weight excluding hydrogens is 135 g/mol. The minimum absolute atomic E-state index is 0. The fourth-order valence-electron chi connectivity index (χ4n) is 0. The fourth-order valence-corrected chi connectivity index (χ4v) is 0. The second kappa shape index (κ2) is 9.28. The Kier molecular flexibility index (Phi) is 18.5. The third kappa shape index (κ3) is 10.7. The van der Waals surface area contributed by atoms with E-state index in [1.807, 2.05) is 0 Å². The van der Waals surface area contributed by atoms with Crippen molar-refractivity contribution in [3.8, 4) is 0 Å². The Balaban J connectivity index is 0. The van der Waals surface area contributed by atoms with E-state index in [1.54, 1.807) is 0 Å². The molecule has 0 atom stereocenters. The first kappa shape index (κ1) is 9.96. The molecule has 0 fully saturated rings. The zero-order chi connectivity index (χ0) is 3.41. The summed E-state index contributed by atoms with van der Waals surface area (Å²) in [5.41, 5.74) is 0. The summed E-state index contributed by atoms with van der Waals surface area (Å²) in [6, 6.07) is 0. The molecule has 3 heteroatoms. The summed E-state index contributed by atoms with van der Waals surface area (Å²) in [5, 5.41) is 0. The standard InChI is InChI=1S/C2H4Cl2.Ca.2H/c3-1-2-4;;;/h1-2H2;;;. The first-order chi connectivity index (χ1) is 1.91. The third-order valence-electron chi connectivity index (χ3n) is 0.0714. The maximum absolute atomic E-state index is 5.05. The monoisotopic (exact) mass is 140 g/mol. The van der Waals surface area contributed by atoms with Crippen molar-refractivity contribution in [3.05, 3.63) is 0 Å². The van der Waals surface area contributed by atoms with Gasteiger partial charge in [-0.1, -0.05) is 0 Å². The Morgan fingerprint density at radius 2 is 1.20 bits per heavy atom. The molecule has 0 aliphatic carbocycles. The van der Waals surface area contributed by atoms with Crippen LogP contribution in [0.15, 0.2) is 0 Å². The molecule has 0 aliphatic rings. The van der Waals surface area contributed by atoms with Crippen LogP contribution in [-0.2, 0) is 0 Å². The van der Waals surface area contributed by atoms with Crippen LogP contribution < -0.4 is 0 Å². The minimum atomic E-state index is 0. The molecular formula is C2H6CaCl2. The van der Waals surface area contributed by atoms with Crippen molar-refractivity contribution < 1.29 is 0 Å². The van der Waals surface area contributed by atoms with Crippen molar-refractivity contribution in [1.82, 2.24) is 0 Å². The van der Waals surface area contributed by atoms with Crippen LogP contribution in [0.2, 0.25) is 0 Å². The third-order valence-corrected chi connectivity index (χ3v) is 0.643. The van der Waals surface area contributed by atoms with E-state index in [-0.39, 0.29) is 37.7 Å². The molecule has 0 radical (unpaired) electrons. The Morgan fingerprint density at radius 1 is 1.00 bits per heavy atom. The molecule has 5 heavy (non-hydrogen) atoms. The van der Waals surface area contributed by atoms with Gasteiger partial charge >= 0.3 is 37.7 Å². The quantitative estimate of drug-likeness (QED) is 0.369. The van der Waals surface area contributed by atoms with Gasteiger partial charge in [0.2, 0.25) is 0 Å². The Morgan fingerprint density at radius 3 is 1.20 bits per heavy atom. The average molecular weight is 141 g/mol. The SMILES string of the molecule is ClCCCl.[CaH2]. The molecule has 0 N–H and O–H groups in total. The normalized spacial score (nSPS) is 6.00. The van der Waals surface area contributed by atoms with Crippen LogP contribution in [0.4, 0.5) is 0 Å². The molecule has 0 aromatic heterocycles. The van der Waals surface area contributed by atoms with Crippen LogP contribution in [0, 0.1) is 0 Å². The van der Waals surface area contributed by atoms with E-state index in [9.17, 15) is 0 Å². The molecule has 0 rings (SSSR count). The number of hydrogen-bond acceptors (Lipinski definition) is 0. The van der Waals surface area contributed by atoms with Gasteiger partial charge in [-0.2, -0.15) is 0 Å². The first-order valence-electron chi connectivity index (χ1n) is 1.03. The van der Waals surface area contributed by atoms with Crippen molar-refractivity contribution in [2.24, 2.45) is 0 Å². The molecule has 0 amide bonds. The molecule has 0 aromatic rings. The zero-order valence-electron chi connectivity index (χ0n) is 2.17. The van der Waals surface area contributed by atoms with E-state index < -0.39 is 0 Å². The van der Waals surface area contributed by atoms with E-state index in [4.69, 9.17) is 23.2 Å². The molecule has 0 saturated heterocycles. The molecule has 0 saturated carbocycles. The predicted octanol–water partition coefficient (Wildman–Crippen LogP) is 0.548. The Bertz CT molecular complexity index is 9.61. The second-order valence-corrected chi connectivity index (χ2v) is 1.13. The van der Waals surface area contributed by atoms with Crippen LogP contribution in [-0.4, -0.2) is 49.5 Å². The van der Waals surface area contributed by atoms with E-state index in [0.717, 1.165) is 0 Å². The van der Waals surface area contributed by atoms with Crippen molar-refractivity contribution >= 4 is 60.9 Å². The van der Waals surface area contributed by atoms with E-state index in [0.29, 0.717) is 11.8 Å². The van der Waals surface area contributed by atoms with Crippen LogP contribution in [0.3, 0.4) is 0 Å². The van der Waals surface area contributed by atoms with Gasteiger partial charge in [0.05, 0.1) is 0 Å². The molecule has 0 aromatic carbocycles. The van der Waals surface area contributed by atoms with E-state index in [2.05, 4.69) is 0 Å². The number of hydrogen-bond donors (Lipinski definition) is 0. The van der Waals surface area contributed by atoms with Gasteiger partial charge < -0.3 is 0 Å². The maximum atomic E-state index is 5.05. The van der Waals surface area contributed by atoms with Crippen molar-refractivity contribution in [1.29, 1.82) is 0 Å². The molecule has 0 bridgehead atoms. The predicted molar refractivity (Wildman–Crippen MR) is 30.0 cm³/mol. The number of alkyl halides is 2. The number of rotatable bonds is 1. The molecule has 30 valence electrons. The summed E-state index contributed by atoms with van der Waals surface area (Å²) < 4.78 is 0. The Labute approximate surface area is 71.8 Å². The van der Waals surface area contributed by atoms with Crippen molar-refractivity contribution in [3.63, 3.8) is 0 Å². The zero-order valence-corrected chi connectivity index (χ0v) is 3.68.